The van der Waals surface area contributed by atoms with Crippen LogP contribution in [-0.2, 0) is 0 Å². The number of nitrogens with one attached hydrogen (secondary N) is 1. The third-order valence-corrected chi connectivity index (χ3v) is 5.39. The lowest BCUT2D eigenvalue weighted by Gasteiger charge is -2.28. The predicted molar refractivity (Wildman–Crippen MR) is 116 cm³/mol. The van der Waals surface area contributed by atoms with Crippen molar-refractivity contribution < 1.29 is 14.6 Å². The van der Waals surface area contributed by atoms with E-state index in [1.807, 2.05) is 66.7 Å². The predicted octanol–water partition coefficient (Wildman–Crippen LogP) is 2.34. The Labute approximate surface area is 178 Å². The van der Waals surface area contributed by atoms with Crippen LogP contribution in [-0.4, -0.2) is 51.5 Å². The van der Waals surface area contributed by atoms with Crippen LogP contribution in [0.1, 0.15) is 10.6 Å². The van der Waals surface area contributed by atoms with Gasteiger partial charge in [0.05, 0.1) is 5.69 Å². The molecule has 1 aliphatic rings. The number of anilines is 1. The summed E-state index contributed by atoms with van der Waals surface area (Å²) in [5.41, 5.74) is 3.20. The minimum absolute atomic E-state index is 0.0278. The molecule has 2 aromatic heterocycles. The third-order valence-electron chi connectivity index (χ3n) is 5.39. The Kier molecular flexibility index (Phi) is 4.76. The molecular weight excluding hydrogens is 394 g/mol. The van der Waals surface area contributed by atoms with E-state index >= 15 is 0 Å². The summed E-state index contributed by atoms with van der Waals surface area (Å²) in [6.45, 7) is 0.122. The number of pyridine rings is 1. The van der Waals surface area contributed by atoms with Crippen LogP contribution in [0.15, 0.2) is 72.9 Å². The largest absolute Gasteiger partial charge is 0.489 e. The zero-order valence-electron chi connectivity index (χ0n) is 16.8. The molecule has 2 N–H and O–H groups in total. The van der Waals surface area contributed by atoms with Crippen LogP contribution in [0.25, 0.3) is 16.8 Å². The van der Waals surface area contributed by atoms with Crippen LogP contribution in [0.2, 0.25) is 0 Å². The number of fused-ring (bicyclic) bond motifs is 2. The fraction of sp³-hybridized carbons (Fsp3) is 0.174. The standard InChI is InChI=1S/C23H21N5O3/c1-27-18-11-5-6-12-19(18)31-14-17(23(27)30)24-22(29)20-25-21-16(10-7-13-28(21)26-20)15-8-3-2-4-9-15/h2-13,17,23,30H,14H2,1H3,(H,24,29)/t17-,23?/m0/s1. The maximum Gasteiger partial charge on any atom is 0.291 e. The van der Waals surface area contributed by atoms with Crippen molar-refractivity contribution in [2.75, 3.05) is 18.6 Å². The second kappa shape index (κ2) is 7.73. The van der Waals surface area contributed by atoms with Crippen LogP contribution in [0.5, 0.6) is 5.75 Å². The van der Waals surface area contributed by atoms with Gasteiger partial charge in [0, 0.05) is 18.8 Å². The van der Waals surface area contributed by atoms with Gasteiger partial charge in [-0.25, -0.2) is 9.50 Å². The van der Waals surface area contributed by atoms with Crippen LogP contribution >= 0.6 is 0 Å². The van der Waals surface area contributed by atoms with E-state index in [0.29, 0.717) is 11.4 Å². The molecule has 8 heteroatoms. The van der Waals surface area contributed by atoms with Crippen molar-refractivity contribution in [3.05, 3.63) is 78.8 Å². The Bertz CT molecular complexity index is 1240. The molecule has 2 atom stereocenters. The Morgan fingerprint density at radius 2 is 1.87 bits per heavy atom. The zero-order valence-corrected chi connectivity index (χ0v) is 16.8. The lowest BCUT2D eigenvalue weighted by molar-refractivity contribution is 0.0763. The highest BCUT2D eigenvalue weighted by Crippen LogP contribution is 2.31. The number of aliphatic hydroxyl groups excluding tert-OH is 1. The number of rotatable bonds is 3. The van der Waals surface area contributed by atoms with Crippen LogP contribution in [0, 0.1) is 0 Å². The number of aliphatic hydroxyl groups is 1. The molecule has 0 fully saturated rings. The second-order valence-corrected chi connectivity index (χ2v) is 7.37. The van der Waals surface area contributed by atoms with Gasteiger partial charge in [0.25, 0.3) is 5.91 Å². The molecule has 1 amide bonds. The highest BCUT2D eigenvalue weighted by Gasteiger charge is 2.31. The van der Waals surface area contributed by atoms with Crippen LogP contribution < -0.4 is 15.0 Å². The number of aromatic nitrogens is 3. The number of carbonyl (C=O) groups excluding carboxylic acids is 1. The quantitative estimate of drug-likeness (QED) is 0.534. The molecule has 1 aliphatic heterocycles. The van der Waals surface area contributed by atoms with Gasteiger partial charge in [0.1, 0.15) is 18.4 Å². The molecule has 8 nitrogen and oxygen atoms in total. The van der Waals surface area contributed by atoms with Crippen molar-refractivity contribution in [2.24, 2.45) is 0 Å². The topological polar surface area (TPSA) is 92.0 Å². The van der Waals surface area contributed by atoms with E-state index in [4.69, 9.17) is 4.74 Å². The van der Waals surface area contributed by atoms with Gasteiger partial charge >= 0.3 is 0 Å². The van der Waals surface area contributed by atoms with Gasteiger partial charge in [-0.1, -0.05) is 42.5 Å². The number of carbonyl (C=O) groups is 1. The van der Waals surface area contributed by atoms with E-state index in [0.717, 1.165) is 16.8 Å². The van der Waals surface area contributed by atoms with E-state index in [1.165, 1.54) is 0 Å². The smallest absolute Gasteiger partial charge is 0.291 e. The van der Waals surface area contributed by atoms with Crippen molar-refractivity contribution in [3.8, 4) is 16.9 Å². The molecule has 0 spiro atoms. The Balaban J connectivity index is 1.41. The maximum atomic E-state index is 12.9. The molecule has 2 aromatic carbocycles. The third kappa shape index (κ3) is 3.47. The molecule has 0 aliphatic carbocycles. The average molecular weight is 415 g/mol. The van der Waals surface area contributed by atoms with E-state index in [9.17, 15) is 9.90 Å². The molecule has 0 saturated carbocycles. The van der Waals surface area contributed by atoms with Gasteiger partial charge in [0.2, 0.25) is 5.82 Å². The van der Waals surface area contributed by atoms with Gasteiger partial charge in [-0.15, -0.1) is 5.10 Å². The van der Waals surface area contributed by atoms with E-state index < -0.39 is 18.2 Å². The fourth-order valence-electron chi connectivity index (χ4n) is 3.74. The molecule has 0 bridgehead atoms. The number of benzene rings is 2. The summed E-state index contributed by atoms with van der Waals surface area (Å²) in [6, 6.07) is 20.4. The first kappa shape index (κ1) is 19.1. The molecule has 0 radical (unpaired) electrons. The summed E-state index contributed by atoms with van der Waals surface area (Å²) in [5.74, 6) is 0.203. The monoisotopic (exact) mass is 415 g/mol. The van der Waals surface area contributed by atoms with Gasteiger partial charge in [-0.05, 0) is 29.8 Å². The minimum atomic E-state index is -0.968. The molecule has 31 heavy (non-hydrogen) atoms. The Morgan fingerprint density at radius 3 is 2.71 bits per heavy atom. The summed E-state index contributed by atoms with van der Waals surface area (Å²) >= 11 is 0. The van der Waals surface area contributed by atoms with Crippen molar-refractivity contribution in [3.63, 3.8) is 0 Å². The normalized spacial score (nSPS) is 18.2. The molecular formula is C23H21N5O3. The number of amides is 1. The maximum absolute atomic E-state index is 12.9. The van der Waals surface area contributed by atoms with Gasteiger partial charge in [0.15, 0.2) is 11.9 Å². The average Bonchev–Trinajstić information content (AvgIpc) is 3.22. The number of hydrogen-bond acceptors (Lipinski definition) is 6. The Hall–Kier alpha value is -3.91. The second-order valence-electron chi connectivity index (χ2n) is 7.37. The van der Waals surface area contributed by atoms with Crippen molar-refractivity contribution in [1.82, 2.24) is 19.9 Å². The lowest BCUT2D eigenvalue weighted by Crippen LogP contribution is -2.52. The summed E-state index contributed by atoms with van der Waals surface area (Å²) in [7, 11) is 1.76. The zero-order chi connectivity index (χ0) is 21.4. The number of hydrogen-bond donors (Lipinski definition) is 2. The van der Waals surface area contributed by atoms with E-state index in [1.54, 1.807) is 22.7 Å². The van der Waals surface area contributed by atoms with Gasteiger partial charge in [-0.2, -0.15) is 0 Å². The van der Waals surface area contributed by atoms with E-state index in [2.05, 4.69) is 15.4 Å². The van der Waals surface area contributed by atoms with Crippen molar-refractivity contribution in [1.29, 1.82) is 0 Å². The first-order valence-corrected chi connectivity index (χ1v) is 9.96. The molecule has 1 unspecified atom stereocenters. The first-order chi connectivity index (χ1) is 15.1. The summed E-state index contributed by atoms with van der Waals surface area (Å²) in [4.78, 5) is 19.1. The molecule has 5 rings (SSSR count). The van der Waals surface area contributed by atoms with Crippen LogP contribution in [0.3, 0.4) is 0 Å². The molecule has 3 heterocycles. The Morgan fingerprint density at radius 1 is 1.10 bits per heavy atom. The fourth-order valence-corrected chi connectivity index (χ4v) is 3.74. The van der Waals surface area contributed by atoms with Crippen molar-refractivity contribution >= 4 is 17.2 Å². The summed E-state index contributed by atoms with van der Waals surface area (Å²) in [6.07, 6.45) is 0.782. The number of ether oxygens (including phenoxy) is 1. The van der Waals surface area contributed by atoms with Gasteiger partial charge < -0.3 is 20.1 Å². The molecule has 4 aromatic rings. The summed E-state index contributed by atoms with van der Waals surface area (Å²) < 4.78 is 7.39. The molecule has 0 saturated heterocycles. The van der Waals surface area contributed by atoms with Crippen LogP contribution in [0.4, 0.5) is 5.69 Å². The highest BCUT2D eigenvalue weighted by atomic mass is 16.5. The lowest BCUT2D eigenvalue weighted by atomic mass is 10.1. The number of para-hydroxylation sites is 2. The SMILES string of the molecule is CN1c2ccccc2OC[C@H](NC(=O)c2nc3c(-c4ccccc4)cccn3n2)C1O. The number of nitrogens with zero attached hydrogens (tertiary/aromatic N) is 4. The molecule has 156 valence electrons. The minimum Gasteiger partial charge on any atom is -0.489 e. The first-order valence-electron chi connectivity index (χ1n) is 9.96. The van der Waals surface area contributed by atoms with Crippen molar-refractivity contribution in [2.45, 2.75) is 12.3 Å². The highest BCUT2D eigenvalue weighted by molar-refractivity contribution is 5.92. The van der Waals surface area contributed by atoms with Gasteiger partial charge in [-0.3, -0.25) is 4.79 Å². The van der Waals surface area contributed by atoms with E-state index in [-0.39, 0.29) is 12.4 Å². The summed E-state index contributed by atoms with van der Waals surface area (Å²) in [5, 5.41) is 17.9. The number of likely N-dealkylation sites (N-methyl/N-ethyl adjacent to an activating group) is 1.